The third-order valence-corrected chi connectivity index (χ3v) is 12.6. The number of hydrogen-bond acceptors (Lipinski definition) is 4. The summed E-state index contributed by atoms with van der Waals surface area (Å²) in [6, 6.07) is 10.4. The van der Waals surface area contributed by atoms with E-state index in [0.717, 1.165) is 97.0 Å². The van der Waals surface area contributed by atoms with Crippen molar-refractivity contribution >= 4 is 22.7 Å². The maximum absolute atomic E-state index is 13.6. The largest absolute Gasteiger partial charge is 0.355 e. The zero-order valence-corrected chi connectivity index (χ0v) is 28.7. The Hall–Kier alpha value is -3.39. The maximum Gasteiger partial charge on any atom is 0.254 e. The molecule has 4 aliphatic carbocycles. The number of benzene rings is 1. The predicted octanol–water partition coefficient (Wildman–Crippen LogP) is 6.04. The van der Waals surface area contributed by atoms with Crippen LogP contribution in [-0.4, -0.2) is 52.4 Å². The number of aryl methyl sites for hydroxylation is 2. The number of nitrogens with zero attached hydrogens (tertiary/aromatic N) is 2. The van der Waals surface area contributed by atoms with Gasteiger partial charge in [-0.15, -0.1) is 0 Å². The standard InChI is InChI=1S/C39H53N5O3/c1-23-15-24(2)42-38(46)34(23)22-41-39(47)37-26(4)44(35-8-6-5-7-32(35)37)25(3)29-9-12-43(13-10-29)14-11-40-36(45)21-33-30-17-27-16-28(19-30)20-31(33)18-27/h5-8,15,25,27-31,33H,9-14,16-22H2,1-4H3,(H,40,45)(H,41,47)(H,42,46)/t25-,27?,28?,30?,31?,33?/m0/s1. The van der Waals surface area contributed by atoms with Crippen LogP contribution in [0.3, 0.4) is 0 Å². The van der Waals surface area contributed by atoms with Gasteiger partial charge in [-0.25, -0.2) is 0 Å². The van der Waals surface area contributed by atoms with Crippen LogP contribution in [0.25, 0.3) is 10.9 Å². The Kier molecular flexibility index (Phi) is 9.07. The van der Waals surface area contributed by atoms with E-state index >= 15 is 0 Å². The topological polar surface area (TPSA) is 99.2 Å². The highest BCUT2D eigenvalue weighted by Gasteiger charge is 2.48. The minimum atomic E-state index is -0.151. The zero-order valence-electron chi connectivity index (χ0n) is 28.7. The first-order valence-corrected chi connectivity index (χ1v) is 18.2. The number of aromatic amines is 1. The van der Waals surface area contributed by atoms with E-state index in [-0.39, 0.29) is 30.0 Å². The van der Waals surface area contributed by atoms with Gasteiger partial charge in [0, 0.05) is 60.0 Å². The Morgan fingerprint density at radius 2 is 1.64 bits per heavy atom. The van der Waals surface area contributed by atoms with E-state index in [4.69, 9.17) is 0 Å². The van der Waals surface area contributed by atoms with Gasteiger partial charge in [0.2, 0.25) is 5.91 Å². The van der Waals surface area contributed by atoms with Crippen molar-refractivity contribution in [2.24, 2.45) is 35.5 Å². The second-order valence-electron chi connectivity index (χ2n) is 15.5. The SMILES string of the molecule is Cc1cc(C)c(CNC(=O)c2c(C)n([C@@H](C)C3CCN(CCNC(=O)CC4C5CC6CC(C5)CC4C6)CC3)c3ccccc23)c(=O)[nH]1. The van der Waals surface area contributed by atoms with Crippen LogP contribution < -0.4 is 16.2 Å². The molecule has 8 rings (SSSR count). The Labute approximate surface area is 279 Å². The molecule has 3 aromatic rings. The van der Waals surface area contributed by atoms with Gasteiger partial charge in [-0.3, -0.25) is 14.4 Å². The molecule has 1 saturated heterocycles. The fourth-order valence-corrected chi connectivity index (χ4v) is 10.4. The van der Waals surface area contributed by atoms with Gasteiger partial charge in [-0.2, -0.15) is 0 Å². The number of hydrogen-bond donors (Lipinski definition) is 3. The number of aromatic nitrogens is 2. The molecule has 0 spiro atoms. The second-order valence-corrected chi connectivity index (χ2v) is 15.5. The third kappa shape index (κ3) is 6.42. The fourth-order valence-electron chi connectivity index (χ4n) is 10.4. The van der Waals surface area contributed by atoms with Gasteiger partial charge >= 0.3 is 0 Å². The van der Waals surface area contributed by atoms with Crippen LogP contribution in [0.15, 0.2) is 35.1 Å². The molecule has 1 aliphatic heterocycles. The highest BCUT2D eigenvalue weighted by atomic mass is 16.2. The molecular weight excluding hydrogens is 586 g/mol. The van der Waals surface area contributed by atoms with Crippen molar-refractivity contribution in [3.05, 3.63) is 68.8 Å². The molecule has 1 aromatic carbocycles. The molecule has 4 bridgehead atoms. The molecule has 3 heterocycles. The lowest BCUT2D eigenvalue weighted by Crippen LogP contribution is -2.47. The average molecular weight is 640 g/mol. The smallest absolute Gasteiger partial charge is 0.254 e. The van der Waals surface area contributed by atoms with Crippen molar-refractivity contribution in [3.8, 4) is 0 Å². The van der Waals surface area contributed by atoms with Crippen LogP contribution in [0.5, 0.6) is 0 Å². The number of likely N-dealkylation sites (tertiary alicyclic amines) is 1. The van der Waals surface area contributed by atoms with E-state index < -0.39 is 0 Å². The molecule has 0 radical (unpaired) electrons. The van der Waals surface area contributed by atoms with E-state index in [0.29, 0.717) is 23.0 Å². The molecule has 2 aromatic heterocycles. The van der Waals surface area contributed by atoms with Crippen LogP contribution in [0.4, 0.5) is 0 Å². The molecule has 47 heavy (non-hydrogen) atoms. The van der Waals surface area contributed by atoms with Gasteiger partial charge in [-0.1, -0.05) is 18.2 Å². The minimum absolute atomic E-state index is 0.149. The molecule has 8 heteroatoms. The van der Waals surface area contributed by atoms with Crippen LogP contribution in [0.2, 0.25) is 0 Å². The van der Waals surface area contributed by atoms with Gasteiger partial charge in [0.05, 0.1) is 5.56 Å². The normalized spacial score (nSPS) is 26.5. The van der Waals surface area contributed by atoms with E-state index in [1.807, 2.05) is 38.1 Å². The van der Waals surface area contributed by atoms with Crippen LogP contribution in [0, 0.1) is 56.3 Å². The van der Waals surface area contributed by atoms with E-state index in [1.54, 1.807) is 0 Å². The Morgan fingerprint density at radius 3 is 2.32 bits per heavy atom. The van der Waals surface area contributed by atoms with Crippen molar-refractivity contribution < 1.29 is 9.59 Å². The fraction of sp³-hybridized carbons (Fsp3) is 0.615. The number of rotatable bonds is 10. The molecular formula is C39H53N5O3. The van der Waals surface area contributed by atoms with Crippen molar-refractivity contribution in [3.63, 3.8) is 0 Å². The van der Waals surface area contributed by atoms with Gasteiger partial charge < -0.3 is 25.1 Å². The molecule has 5 aliphatic rings. The van der Waals surface area contributed by atoms with Gasteiger partial charge in [-0.05, 0) is 139 Å². The van der Waals surface area contributed by atoms with Crippen LogP contribution >= 0.6 is 0 Å². The van der Waals surface area contributed by atoms with Crippen molar-refractivity contribution in [1.29, 1.82) is 0 Å². The molecule has 2 amide bonds. The summed E-state index contributed by atoms with van der Waals surface area (Å²) in [4.78, 5) is 44.5. The molecule has 5 fully saturated rings. The summed E-state index contributed by atoms with van der Waals surface area (Å²) in [6.07, 6.45) is 9.88. The Morgan fingerprint density at radius 1 is 0.957 bits per heavy atom. The van der Waals surface area contributed by atoms with Crippen LogP contribution in [-0.2, 0) is 11.3 Å². The molecule has 3 N–H and O–H groups in total. The quantitative estimate of drug-likeness (QED) is 0.252. The molecule has 4 saturated carbocycles. The number of H-pyrrole nitrogens is 1. The third-order valence-electron chi connectivity index (χ3n) is 12.6. The number of carbonyl (C=O) groups is 2. The van der Waals surface area contributed by atoms with E-state index in [2.05, 4.69) is 45.0 Å². The van der Waals surface area contributed by atoms with Gasteiger partial charge in [0.25, 0.3) is 11.5 Å². The molecule has 252 valence electrons. The predicted molar refractivity (Wildman–Crippen MR) is 186 cm³/mol. The Bertz CT molecular complexity index is 1670. The van der Waals surface area contributed by atoms with Gasteiger partial charge in [0.15, 0.2) is 0 Å². The first-order chi connectivity index (χ1) is 22.7. The number of amides is 2. The number of pyridine rings is 1. The molecule has 8 nitrogen and oxygen atoms in total. The highest BCUT2D eigenvalue weighted by molar-refractivity contribution is 6.08. The number of piperidine rings is 1. The van der Waals surface area contributed by atoms with E-state index in [1.165, 1.54) is 32.1 Å². The summed E-state index contributed by atoms with van der Waals surface area (Å²) in [5.41, 5.74) is 4.87. The van der Waals surface area contributed by atoms with Gasteiger partial charge in [0.1, 0.15) is 0 Å². The van der Waals surface area contributed by atoms with Crippen molar-refractivity contribution in [2.45, 2.75) is 91.6 Å². The maximum atomic E-state index is 13.6. The lowest BCUT2D eigenvalue weighted by molar-refractivity contribution is -0.126. The monoisotopic (exact) mass is 639 g/mol. The summed E-state index contributed by atoms with van der Waals surface area (Å²) in [6.45, 7) is 12.0. The molecule has 0 unspecified atom stereocenters. The highest BCUT2D eigenvalue weighted by Crippen LogP contribution is 2.57. The van der Waals surface area contributed by atoms with Crippen molar-refractivity contribution in [2.75, 3.05) is 26.2 Å². The summed E-state index contributed by atoms with van der Waals surface area (Å²) < 4.78 is 2.36. The first kappa shape index (κ1) is 32.2. The summed E-state index contributed by atoms with van der Waals surface area (Å²) >= 11 is 0. The number of carbonyl (C=O) groups excluding carboxylic acids is 2. The number of para-hydroxylation sites is 1. The summed E-state index contributed by atoms with van der Waals surface area (Å²) in [5.74, 6) is 4.76. The first-order valence-electron chi connectivity index (χ1n) is 18.2. The molecule has 1 atom stereocenters. The number of fused-ring (bicyclic) bond motifs is 1. The van der Waals surface area contributed by atoms with E-state index in [9.17, 15) is 14.4 Å². The second kappa shape index (κ2) is 13.3. The Balaban J connectivity index is 0.932. The van der Waals surface area contributed by atoms with Crippen molar-refractivity contribution in [1.82, 2.24) is 25.1 Å². The minimum Gasteiger partial charge on any atom is -0.355 e. The number of nitrogens with one attached hydrogen (secondary N) is 3. The summed E-state index contributed by atoms with van der Waals surface area (Å²) in [7, 11) is 0. The zero-order chi connectivity index (χ0) is 32.8. The van der Waals surface area contributed by atoms with Crippen LogP contribution in [0.1, 0.15) is 97.2 Å². The lowest BCUT2D eigenvalue weighted by atomic mass is 9.51. The lowest BCUT2D eigenvalue weighted by Gasteiger charge is -2.54. The summed E-state index contributed by atoms with van der Waals surface area (Å²) in [5, 5.41) is 7.27. The average Bonchev–Trinajstić information content (AvgIpc) is 3.33.